The number of ether oxygens (including phenoxy) is 2. The predicted octanol–water partition coefficient (Wildman–Crippen LogP) is 4.71. The van der Waals surface area contributed by atoms with Crippen LogP contribution in [0.15, 0.2) is 12.1 Å². The summed E-state index contributed by atoms with van der Waals surface area (Å²) in [5.41, 5.74) is 0.930. The van der Waals surface area contributed by atoms with E-state index in [1.165, 1.54) is 13.2 Å². The van der Waals surface area contributed by atoms with Gasteiger partial charge in [0.15, 0.2) is 11.5 Å². The van der Waals surface area contributed by atoms with Crippen LogP contribution >= 0.6 is 11.6 Å². The molecule has 6 heteroatoms. The number of rotatable bonds is 4. The Morgan fingerprint density at radius 3 is 2.76 bits per heavy atom. The molecule has 1 saturated heterocycles. The molecule has 0 aromatic heterocycles. The number of phenols is 1. The SMILES string of the molecule is COc1cc([C@H]2OCC[C@@]34C[C@@H](C[C@H]23)C(C)(C)[C@@H]4NC(=O)C(C)C)c(Cl)cc1O. The highest BCUT2D eigenvalue weighted by Gasteiger charge is 2.68. The van der Waals surface area contributed by atoms with Crippen LogP contribution in [0.3, 0.4) is 0 Å². The van der Waals surface area contributed by atoms with Gasteiger partial charge in [-0.2, -0.15) is 0 Å². The Bertz CT molecular complexity index is 823. The third-order valence-electron chi connectivity index (χ3n) is 7.92. The number of hydrogen-bond donors (Lipinski definition) is 2. The molecule has 29 heavy (non-hydrogen) atoms. The Balaban J connectivity index is 1.72. The lowest BCUT2D eigenvalue weighted by atomic mass is 9.58. The average Bonchev–Trinajstić information content (AvgIpc) is 3.14. The number of carbonyl (C=O) groups excluding carboxylic acids is 1. The van der Waals surface area contributed by atoms with E-state index in [0.29, 0.717) is 23.3 Å². The first-order valence-corrected chi connectivity index (χ1v) is 11.0. The first kappa shape index (κ1) is 20.8. The lowest BCUT2D eigenvalue weighted by Crippen LogP contribution is -2.59. The summed E-state index contributed by atoms with van der Waals surface area (Å²) in [6.07, 6.45) is 2.96. The molecule has 0 unspecified atom stereocenters. The number of methoxy groups -OCH3 is 1. The van der Waals surface area contributed by atoms with Crippen molar-refractivity contribution in [3.63, 3.8) is 0 Å². The Morgan fingerprint density at radius 2 is 2.10 bits per heavy atom. The van der Waals surface area contributed by atoms with E-state index >= 15 is 0 Å². The molecule has 1 heterocycles. The number of nitrogens with one attached hydrogen (secondary N) is 1. The van der Waals surface area contributed by atoms with E-state index in [1.807, 2.05) is 13.8 Å². The number of carbonyl (C=O) groups is 1. The van der Waals surface area contributed by atoms with E-state index in [-0.39, 0.29) is 46.5 Å². The predicted molar refractivity (Wildman–Crippen MR) is 112 cm³/mol. The molecule has 2 saturated carbocycles. The topological polar surface area (TPSA) is 67.8 Å². The summed E-state index contributed by atoms with van der Waals surface area (Å²) in [6, 6.07) is 3.47. The van der Waals surface area contributed by atoms with Crippen molar-refractivity contribution in [2.24, 2.45) is 28.6 Å². The second-order valence-electron chi connectivity index (χ2n) is 9.98. The van der Waals surface area contributed by atoms with Crippen molar-refractivity contribution in [2.45, 2.75) is 59.1 Å². The normalized spacial score (nSPS) is 34.9. The van der Waals surface area contributed by atoms with Crippen LogP contribution in [-0.2, 0) is 9.53 Å². The first-order chi connectivity index (χ1) is 13.6. The maximum atomic E-state index is 12.7. The number of benzene rings is 1. The van der Waals surface area contributed by atoms with Crippen molar-refractivity contribution in [1.82, 2.24) is 5.32 Å². The molecular weight excluding hydrogens is 390 g/mol. The zero-order valence-corrected chi connectivity index (χ0v) is 18.7. The quantitative estimate of drug-likeness (QED) is 0.738. The van der Waals surface area contributed by atoms with Crippen LogP contribution in [-0.4, -0.2) is 30.8 Å². The van der Waals surface area contributed by atoms with Gasteiger partial charge >= 0.3 is 0 Å². The standard InChI is InChI=1S/C23H32ClNO4/c1-12(2)20(27)25-21-22(3,4)13-8-15-19(29-7-6-23(15,21)11-13)14-9-18(28-5)17(26)10-16(14)24/h9-10,12-13,15,19,21,26H,6-8,11H2,1-5H3,(H,25,27)/t13-,15-,19-,21+,23-/m1/s1. The van der Waals surface area contributed by atoms with Gasteiger partial charge in [-0.1, -0.05) is 39.3 Å². The van der Waals surface area contributed by atoms with Crippen molar-refractivity contribution >= 4 is 17.5 Å². The molecule has 3 fully saturated rings. The number of hydrogen-bond acceptors (Lipinski definition) is 4. The van der Waals surface area contributed by atoms with Crippen molar-refractivity contribution in [3.05, 3.63) is 22.7 Å². The van der Waals surface area contributed by atoms with Gasteiger partial charge in [-0.3, -0.25) is 4.79 Å². The Hall–Kier alpha value is -1.46. The van der Waals surface area contributed by atoms with Crippen LogP contribution in [0.4, 0.5) is 0 Å². The van der Waals surface area contributed by atoms with Crippen LogP contribution in [0.2, 0.25) is 5.02 Å². The molecule has 2 N–H and O–H groups in total. The van der Waals surface area contributed by atoms with Crippen LogP contribution in [0.25, 0.3) is 0 Å². The summed E-state index contributed by atoms with van der Waals surface area (Å²) in [6.45, 7) is 9.13. The maximum absolute atomic E-state index is 12.7. The van der Waals surface area contributed by atoms with E-state index < -0.39 is 0 Å². The minimum Gasteiger partial charge on any atom is -0.504 e. The molecular formula is C23H32ClNO4. The third-order valence-corrected chi connectivity index (χ3v) is 8.25. The summed E-state index contributed by atoms with van der Waals surface area (Å²) in [5, 5.41) is 14.0. The summed E-state index contributed by atoms with van der Waals surface area (Å²) in [4.78, 5) is 12.7. The van der Waals surface area contributed by atoms with Crippen LogP contribution in [0, 0.1) is 28.6 Å². The number of fused-ring (bicyclic) bond motifs is 1. The smallest absolute Gasteiger partial charge is 0.222 e. The molecule has 5 nitrogen and oxygen atoms in total. The van der Waals surface area contributed by atoms with Gasteiger partial charge in [0.1, 0.15) is 0 Å². The molecule has 5 atom stereocenters. The molecule has 160 valence electrons. The van der Waals surface area contributed by atoms with Gasteiger partial charge in [0.25, 0.3) is 0 Å². The number of halogens is 1. The summed E-state index contributed by atoms with van der Waals surface area (Å²) >= 11 is 6.54. The minimum atomic E-state index is -0.162. The Morgan fingerprint density at radius 1 is 1.38 bits per heavy atom. The fourth-order valence-corrected chi connectivity index (χ4v) is 6.61. The molecule has 1 aromatic carbocycles. The monoisotopic (exact) mass is 421 g/mol. The van der Waals surface area contributed by atoms with Gasteiger partial charge < -0.3 is 19.9 Å². The molecule has 1 aliphatic heterocycles. The summed E-state index contributed by atoms with van der Waals surface area (Å²) < 4.78 is 11.6. The highest BCUT2D eigenvalue weighted by atomic mass is 35.5. The molecule has 3 aliphatic rings. The van der Waals surface area contributed by atoms with Gasteiger partial charge in [-0.15, -0.1) is 0 Å². The number of phenolic OH excluding ortho intramolecular Hbond substituents is 1. The molecule has 1 amide bonds. The minimum absolute atomic E-state index is 0.0100. The molecule has 0 radical (unpaired) electrons. The van der Waals surface area contributed by atoms with Crippen molar-refractivity contribution in [3.8, 4) is 11.5 Å². The average molecular weight is 422 g/mol. The van der Waals surface area contributed by atoms with Gasteiger partial charge in [-0.05, 0) is 48.0 Å². The fourth-order valence-electron chi connectivity index (χ4n) is 6.34. The second-order valence-corrected chi connectivity index (χ2v) is 10.4. The molecule has 2 aliphatic carbocycles. The number of aromatic hydroxyl groups is 1. The van der Waals surface area contributed by atoms with E-state index in [4.69, 9.17) is 21.1 Å². The van der Waals surface area contributed by atoms with Gasteiger partial charge in [-0.25, -0.2) is 0 Å². The zero-order valence-electron chi connectivity index (χ0n) is 17.9. The van der Waals surface area contributed by atoms with Gasteiger partial charge in [0.05, 0.1) is 18.2 Å². The fraction of sp³-hybridized carbons (Fsp3) is 0.696. The van der Waals surface area contributed by atoms with Crippen LogP contribution in [0.5, 0.6) is 11.5 Å². The van der Waals surface area contributed by atoms with Crippen LogP contribution in [0.1, 0.15) is 58.6 Å². The van der Waals surface area contributed by atoms with Crippen molar-refractivity contribution in [2.75, 3.05) is 13.7 Å². The molecule has 1 aromatic rings. The molecule has 4 rings (SSSR count). The Kier molecular flexibility index (Phi) is 5.06. The Labute approximate surface area is 178 Å². The second kappa shape index (κ2) is 7.05. The summed E-state index contributed by atoms with van der Waals surface area (Å²) in [5.74, 6) is 1.33. The lowest BCUT2D eigenvalue weighted by molar-refractivity contribution is -0.139. The lowest BCUT2D eigenvalue weighted by Gasteiger charge is -2.53. The highest BCUT2D eigenvalue weighted by Crippen LogP contribution is 2.70. The maximum Gasteiger partial charge on any atom is 0.222 e. The van der Waals surface area contributed by atoms with Gasteiger partial charge in [0, 0.05) is 30.2 Å². The third kappa shape index (κ3) is 3.04. The molecule has 2 bridgehead atoms. The van der Waals surface area contributed by atoms with Crippen molar-refractivity contribution < 1.29 is 19.4 Å². The largest absolute Gasteiger partial charge is 0.504 e. The first-order valence-electron chi connectivity index (χ1n) is 10.6. The highest BCUT2D eigenvalue weighted by molar-refractivity contribution is 6.31. The van der Waals surface area contributed by atoms with E-state index in [9.17, 15) is 9.90 Å². The zero-order chi connectivity index (χ0) is 21.1. The summed E-state index contributed by atoms with van der Waals surface area (Å²) in [7, 11) is 1.54. The van der Waals surface area contributed by atoms with E-state index in [1.54, 1.807) is 6.07 Å². The number of amides is 1. The van der Waals surface area contributed by atoms with Crippen LogP contribution < -0.4 is 10.1 Å². The van der Waals surface area contributed by atoms with Crippen molar-refractivity contribution in [1.29, 1.82) is 0 Å². The van der Waals surface area contributed by atoms with E-state index in [2.05, 4.69) is 19.2 Å². The van der Waals surface area contributed by atoms with Gasteiger partial charge in [0.2, 0.25) is 5.91 Å². The molecule has 1 spiro atoms. The van der Waals surface area contributed by atoms with E-state index in [0.717, 1.165) is 24.8 Å².